The van der Waals surface area contributed by atoms with Gasteiger partial charge in [-0.3, -0.25) is 14.4 Å². The summed E-state index contributed by atoms with van der Waals surface area (Å²) in [6.45, 7) is 0.993. The fraction of sp³-hybridized carbons (Fsp3) is 0.786. The molecule has 0 aromatic carbocycles. The molecular formula is C14H20F3N3O3. The van der Waals surface area contributed by atoms with Gasteiger partial charge in [0.2, 0.25) is 17.7 Å². The lowest BCUT2D eigenvalue weighted by Gasteiger charge is -2.44. The summed E-state index contributed by atoms with van der Waals surface area (Å²) in [5.41, 5.74) is 0. The van der Waals surface area contributed by atoms with Gasteiger partial charge in [-0.2, -0.15) is 13.2 Å². The first-order chi connectivity index (χ1) is 10.7. The molecular weight excluding hydrogens is 315 g/mol. The summed E-state index contributed by atoms with van der Waals surface area (Å²) in [7, 11) is 1.51. The summed E-state index contributed by atoms with van der Waals surface area (Å²) in [5.74, 6) is -0.989. The SMILES string of the molecule is CNC(=O)C1CC(=O)N(C2CN(C(=O)CCCC(F)(F)F)C2)C1. The summed E-state index contributed by atoms with van der Waals surface area (Å²) in [6.07, 6.45) is -5.40. The third-order valence-corrected chi connectivity index (χ3v) is 4.28. The van der Waals surface area contributed by atoms with Crippen LogP contribution in [0.25, 0.3) is 0 Å². The van der Waals surface area contributed by atoms with Crippen molar-refractivity contribution in [3.8, 4) is 0 Å². The van der Waals surface area contributed by atoms with Gasteiger partial charge in [-0.15, -0.1) is 0 Å². The van der Waals surface area contributed by atoms with E-state index in [1.54, 1.807) is 4.90 Å². The molecule has 1 atom stereocenters. The molecule has 0 radical (unpaired) electrons. The Kier molecular flexibility index (Phi) is 5.16. The minimum atomic E-state index is -4.24. The van der Waals surface area contributed by atoms with E-state index in [4.69, 9.17) is 0 Å². The van der Waals surface area contributed by atoms with E-state index in [9.17, 15) is 27.6 Å². The summed E-state index contributed by atoms with van der Waals surface area (Å²) in [5, 5.41) is 2.51. The van der Waals surface area contributed by atoms with Crippen molar-refractivity contribution in [1.29, 1.82) is 0 Å². The van der Waals surface area contributed by atoms with E-state index in [0.717, 1.165) is 0 Å². The van der Waals surface area contributed by atoms with Gasteiger partial charge in [0.15, 0.2) is 0 Å². The molecule has 2 rings (SSSR count). The second kappa shape index (κ2) is 6.76. The van der Waals surface area contributed by atoms with Crippen LogP contribution < -0.4 is 5.32 Å². The molecule has 2 fully saturated rings. The van der Waals surface area contributed by atoms with Gasteiger partial charge in [-0.05, 0) is 6.42 Å². The Balaban J connectivity index is 1.73. The van der Waals surface area contributed by atoms with Crippen molar-refractivity contribution in [2.75, 3.05) is 26.7 Å². The van der Waals surface area contributed by atoms with E-state index in [2.05, 4.69) is 5.32 Å². The van der Waals surface area contributed by atoms with Gasteiger partial charge in [0.1, 0.15) is 0 Å². The zero-order chi connectivity index (χ0) is 17.2. The smallest absolute Gasteiger partial charge is 0.359 e. The molecule has 23 heavy (non-hydrogen) atoms. The summed E-state index contributed by atoms with van der Waals surface area (Å²) < 4.78 is 36.1. The maximum Gasteiger partial charge on any atom is 0.389 e. The number of nitrogens with one attached hydrogen (secondary N) is 1. The number of hydrogen-bond donors (Lipinski definition) is 1. The number of rotatable bonds is 5. The number of alkyl halides is 3. The van der Waals surface area contributed by atoms with Crippen LogP contribution in [0.2, 0.25) is 0 Å². The molecule has 0 aromatic heterocycles. The Labute approximate surface area is 132 Å². The highest BCUT2D eigenvalue weighted by atomic mass is 19.4. The van der Waals surface area contributed by atoms with Crippen LogP contribution in [-0.4, -0.2) is 66.4 Å². The van der Waals surface area contributed by atoms with Gasteiger partial charge in [-0.1, -0.05) is 0 Å². The largest absolute Gasteiger partial charge is 0.389 e. The summed E-state index contributed by atoms with van der Waals surface area (Å²) >= 11 is 0. The molecule has 2 aliphatic heterocycles. The van der Waals surface area contributed by atoms with Gasteiger partial charge in [0.25, 0.3) is 0 Å². The van der Waals surface area contributed by atoms with Crippen LogP contribution in [0.15, 0.2) is 0 Å². The molecule has 0 aliphatic carbocycles. The van der Waals surface area contributed by atoms with Crippen LogP contribution in [0.4, 0.5) is 13.2 Å². The Hall–Kier alpha value is -1.80. The molecule has 2 aliphatic rings. The van der Waals surface area contributed by atoms with Crippen molar-refractivity contribution in [3.05, 3.63) is 0 Å². The average Bonchev–Trinajstić information content (AvgIpc) is 2.77. The molecule has 0 saturated carbocycles. The highest BCUT2D eigenvalue weighted by Crippen LogP contribution is 2.26. The van der Waals surface area contributed by atoms with Gasteiger partial charge in [0, 0.05) is 45.9 Å². The molecule has 3 amide bonds. The lowest BCUT2D eigenvalue weighted by molar-refractivity contribution is -0.147. The van der Waals surface area contributed by atoms with Crippen molar-refractivity contribution in [2.45, 2.75) is 37.9 Å². The third kappa shape index (κ3) is 4.35. The van der Waals surface area contributed by atoms with E-state index in [1.165, 1.54) is 11.9 Å². The number of hydrogen-bond acceptors (Lipinski definition) is 3. The Morgan fingerprint density at radius 3 is 2.48 bits per heavy atom. The zero-order valence-corrected chi connectivity index (χ0v) is 12.9. The van der Waals surface area contributed by atoms with Crippen molar-refractivity contribution in [3.63, 3.8) is 0 Å². The fourth-order valence-electron chi connectivity index (χ4n) is 2.92. The van der Waals surface area contributed by atoms with E-state index >= 15 is 0 Å². The quantitative estimate of drug-likeness (QED) is 0.797. The molecule has 0 aromatic rings. The number of nitrogens with zero attached hydrogens (tertiary/aromatic N) is 2. The van der Waals surface area contributed by atoms with Crippen LogP contribution in [-0.2, 0) is 14.4 Å². The standard InChI is InChI=1S/C14H20F3N3O3/c1-18-13(23)9-5-12(22)20(6-9)10-7-19(8-10)11(21)3-2-4-14(15,16)17/h9-10H,2-8H2,1H3,(H,18,23). The topological polar surface area (TPSA) is 69.7 Å². The monoisotopic (exact) mass is 335 g/mol. The molecule has 1 N–H and O–H groups in total. The number of carbonyl (C=O) groups excluding carboxylic acids is 3. The molecule has 0 spiro atoms. The zero-order valence-electron chi connectivity index (χ0n) is 12.9. The Morgan fingerprint density at radius 2 is 1.91 bits per heavy atom. The molecule has 9 heteroatoms. The van der Waals surface area contributed by atoms with E-state index < -0.39 is 12.6 Å². The first kappa shape index (κ1) is 17.6. The van der Waals surface area contributed by atoms with Gasteiger partial charge < -0.3 is 15.1 Å². The molecule has 2 heterocycles. The number of halogens is 3. The summed E-state index contributed by atoms with van der Waals surface area (Å²) in [6, 6.07) is -0.135. The number of carbonyl (C=O) groups is 3. The van der Waals surface area contributed by atoms with Crippen molar-refractivity contribution in [1.82, 2.24) is 15.1 Å². The highest BCUT2D eigenvalue weighted by Gasteiger charge is 2.43. The van der Waals surface area contributed by atoms with Gasteiger partial charge in [0.05, 0.1) is 12.0 Å². The first-order valence-corrected chi connectivity index (χ1v) is 7.57. The van der Waals surface area contributed by atoms with Crippen LogP contribution in [0.1, 0.15) is 25.7 Å². The second-order valence-corrected chi connectivity index (χ2v) is 5.98. The van der Waals surface area contributed by atoms with Crippen LogP contribution in [0, 0.1) is 5.92 Å². The average molecular weight is 335 g/mol. The maximum atomic E-state index is 12.0. The van der Waals surface area contributed by atoms with Crippen molar-refractivity contribution < 1.29 is 27.6 Å². The van der Waals surface area contributed by atoms with Gasteiger partial charge in [-0.25, -0.2) is 0 Å². The molecule has 2 saturated heterocycles. The van der Waals surface area contributed by atoms with Crippen molar-refractivity contribution >= 4 is 17.7 Å². The fourth-order valence-corrected chi connectivity index (χ4v) is 2.92. The maximum absolute atomic E-state index is 12.0. The second-order valence-electron chi connectivity index (χ2n) is 5.98. The highest BCUT2D eigenvalue weighted by molar-refractivity contribution is 5.89. The third-order valence-electron chi connectivity index (χ3n) is 4.28. The van der Waals surface area contributed by atoms with E-state index in [1.807, 2.05) is 0 Å². The first-order valence-electron chi connectivity index (χ1n) is 7.57. The lowest BCUT2D eigenvalue weighted by atomic mass is 10.1. The predicted molar refractivity (Wildman–Crippen MR) is 74.2 cm³/mol. The lowest BCUT2D eigenvalue weighted by Crippen LogP contribution is -2.61. The van der Waals surface area contributed by atoms with Crippen LogP contribution >= 0.6 is 0 Å². The number of likely N-dealkylation sites (tertiary alicyclic amines) is 2. The molecule has 6 nitrogen and oxygen atoms in total. The van der Waals surface area contributed by atoms with E-state index in [-0.39, 0.29) is 48.9 Å². The molecule has 0 bridgehead atoms. The molecule has 1 unspecified atom stereocenters. The predicted octanol–water partition coefficient (Wildman–Crippen LogP) is 0.524. The Morgan fingerprint density at radius 1 is 1.26 bits per heavy atom. The minimum Gasteiger partial charge on any atom is -0.359 e. The van der Waals surface area contributed by atoms with Gasteiger partial charge >= 0.3 is 6.18 Å². The summed E-state index contributed by atoms with van der Waals surface area (Å²) in [4.78, 5) is 38.3. The normalized spacial score (nSPS) is 22.3. The van der Waals surface area contributed by atoms with Crippen molar-refractivity contribution in [2.24, 2.45) is 5.92 Å². The Bertz CT molecular complexity index is 489. The molecule has 130 valence electrons. The van der Waals surface area contributed by atoms with E-state index in [0.29, 0.717) is 19.6 Å². The minimum absolute atomic E-state index is 0.118. The van der Waals surface area contributed by atoms with Crippen LogP contribution in [0.5, 0.6) is 0 Å². The number of amides is 3. The van der Waals surface area contributed by atoms with Crippen LogP contribution in [0.3, 0.4) is 0 Å².